The largest absolute Gasteiger partial charge is 0.427 e. The number of carbonyl (C=O) groups is 1. The van der Waals surface area contributed by atoms with Crippen molar-refractivity contribution in [2.24, 2.45) is 0 Å². The summed E-state index contributed by atoms with van der Waals surface area (Å²) in [6.45, 7) is 2.14. The number of nitrogens with zero attached hydrogens (tertiary/aromatic N) is 2. The number of ether oxygens (including phenoxy) is 1. The smallest absolute Gasteiger partial charge is 0.308 e. The third kappa shape index (κ3) is 3.83. The number of hydrogen-bond donors (Lipinski definition) is 1. The number of carbonyl (C=O) groups excluding carboxylic acids is 1. The van der Waals surface area contributed by atoms with E-state index in [1.807, 2.05) is 24.3 Å². The molecule has 3 rings (SSSR count). The molecule has 0 aliphatic heterocycles. The van der Waals surface area contributed by atoms with Gasteiger partial charge in [-0.1, -0.05) is 30.3 Å². The van der Waals surface area contributed by atoms with Crippen LogP contribution in [0.4, 0.5) is 5.82 Å². The number of nitrogens with one attached hydrogen (secondary N) is 1. The van der Waals surface area contributed by atoms with Gasteiger partial charge in [0.1, 0.15) is 17.9 Å². The van der Waals surface area contributed by atoms with Crippen molar-refractivity contribution < 1.29 is 9.53 Å². The summed E-state index contributed by atoms with van der Waals surface area (Å²) in [5.41, 5.74) is 2.07. The molecule has 5 nitrogen and oxygen atoms in total. The number of fused-ring (bicyclic) bond motifs is 1. The molecule has 3 aromatic rings. The second-order valence-corrected chi connectivity index (χ2v) is 5.16. The van der Waals surface area contributed by atoms with E-state index in [0.29, 0.717) is 5.75 Å². The average molecular weight is 307 g/mol. The van der Waals surface area contributed by atoms with Crippen LogP contribution in [0.2, 0.25) is 0 Å². The predicted octanol–water partition coefficient (Wildman–Crippen LogP) is 3.21. The molecule has 0 fully saturated rings. The zero-order valence-corrected chi connectivity index (χ0v) is 12.8. The highest BCUT2D eigenvalue weighted by molar-refractivity contribution is 5.90. The number of aromatic nitrogens is 2. The fraction of sp³-hybridized carbons (Fsp3) is 0.167. The molecule has 0 aliphatic rings. The maximum atomic E-state index is 11.1. The summed E-state index contributed by atoms with van der Waals surface area (Å²) in [5, 5.41) is 4.16. The predicted molar refractivity (Wildman–Crippen MR) is 89.5 cm³/mol. The van der Waals surface area contributed by atoms with Crippen LogP contribution in [-0.2, 0) is 11.2 Å². The summed E-state index contributed by atoms with van der Waals surface area (Å²) in [4.78, 5) is 19.6. The second kappa shape index (κ2) is 6.87. The van der Waals surface area contributed by atoms with Crippen LogP contribution in [0.25, 0.3) is 10.9 Å². The van der Waals surface area contributed by atoms with Gasteiger partial charge in [0.15, 0.2) is 0 Å². The van der Waals surface area contributed by atoms with Crippen LogP contribution in [0.3, 0.4) is 0 Å². The molecule has 0 atom stereocenters. The Morgan fingerprint density at radius 3 is 2.74 bits per heavy atom. The van der Waals surface area contributed by atoms with E-state index in [9.17, 15) is 4.79 Å². The Kier molecular flexibility index (Phi) is 4.47. The molecule has 0 spiro atoms. The second-order valence-electron chi connectivity index (χ2n) is 5.16. The fourth-order valence-corrected chi connectivity index (χ4v) is 2.38. The SMILES string of the molecule is CC(=O)Oc1ccc2ncnc(NCCc3ccccc3)c2c1. The van der Waals surface area contributed by atoms with Gasteiger partial charge in [-0.2, -0.15) is 0 Å². The molecular weight excluding hydrogens is 290 g/mol. The number of rotatable bonds is 5. The highest BCUT2D eigenvalue weighted by Gasteiger charge is 2.06. The van der Waals surface area contributed by atoms with Gasteiger partial charge in [-0.15, -0.1) is 0 Å². The molecule has 0 unspecified atom stereocenters. The van der Waals surface area contributed by atoms with Gasteiger partial charge < -0.3 is 10.1 Å². The van der Waals surface area contributed by atoms with E-state index in [1.165, 1.54) is 18.8 Å². The van der Waals surface area contributed by atoms with Crippen molar-refractivity contribution in [3.05, 3.63) is 60.4 Å². The average Bonchev–Trinajstić information content (AvgIpc) is 2.56. The van der Waals surface area contributed by atoms with Crippen molar-refractivity contribution in [2.75, 3.05) is 11.9 Å². The number of hydrogen-bond acceptors (Lipinski definition) is 5. The van der Waals surface area contributed by atoms with E-state index in [1.54, 1.807) is 12.1 Å². The van der Waals surface area contributed by atoms with Crippen molar-refractivity contribution >= 4 is 22.7 Å². The van der Waals surface area contributed by atoms with Crippen molar-refractivity contribution in [3.63, 3.8) is 0 Å². The summed E-state index contributed by atoms with van der Waals surface area (Å²) in [5.74, 6) is 0.880. The Balaban J connectivity index is 1.78. The van der Waals surface area contributed by atoms with Gasteiger partial charge in [-0.05, 0) is 30.2 Å². The molecule has 2 aromatic carbocycles. The Labute approximate surface area is 134 Å². The minimum Gasteiger partial charge on any atom is -0.427 e. The van der Waals surface area contributed by atoms with Gasteiger partial charge in [0.25, 0.3) is 0 Å². The van der Waals surface area contributed by atoms with Gasteiger partial charge in [0.2, 0.25) is 0 Å². The summed E-state index contributed by atoms with van der Waals surface area (Å²) in [6, 6.07) is 15.6. The fourth-order valence-electron chi connectivity index (χ4n) is 2.38. The molecule has 116 valence electrons. The molecule has 0 aliphatic carbocycles. The zero-order valence-electron chi connectivity index (χ0n) is 12.8. The standard InChI is InChI=1S/C18H17N3O2/c1-13(22)23-15-7-8-17-16(11-15)18(21-12-20-17)19-10-9-14-5-3-2-4-6-14/h2-8,11-12H,9-10H2,1H3,(H,19,20,21). The number of benzene rings is 2. The first-order chi connectivity index (χ1) is 11.2. The van der Waals surface area contributed by atoms with Crippen LogP contribution in [0.1, 0.15) is 12.5 Å². The van der Waals surface area contributed by atoms with Crippen LogP contribution in [0.5, 0.6) is 5.75 Å². The highest BCUT2D eigenvalue weighted by Crippen LogP contribution is 2.24. The lowest BCUT2D eigenvalue weighted by Crippen LogP contribution is -2.07. The van der Waals surface area contributed by atoms with E-state index >= 15 is 0 Å². The molecule has 1 aromatic heterocycles. The van der Waals surface area contributed by atoms with Crippen LogP contribution >= 0.6 is 0 Å². The van der Waals surface area contributed by atoms with Gasteiger partial charge in [-0.25, -0.2) is 9.97 Å². The summed E-state index contributed by atoms with van der Waals surface area (Å²) in [6.07, 6.45) is 2.43. The molecule has 0 saturated heterocycles. The lowest BCUT2D eigenvalue weighted by molar-refractivity contribution is -0.131. The number of esters is 1. The Bertz CT molecular complexity index is 819. The van der Waals surface area contributed by atoms with Gasteiger partial charge in [0.05, 0.1) is 5.52 Å². The van der Waals surface area contributed by atoms with E-state index in [-0.39, 0.29) is 5.97 Å². The molecule has 0 bridgehead atoms. The van der Waals surface area contributed by atoms with Gasteiger partial charge in [-0.3, -0.25) is 4.79 Å². The summed E-state index contributed by atoms with van der Waals surface area (Å²) < 4.78 is 5.13. The minimum absolute atomic E-state index is 0.347. The molecule has 0 saturated carbocycles. The van der Waals surface area contributed by atoms with E-state index < -0.39 is 0 Å². The number of anilines is 1. The molecule has 1 heterocycles. The first-order valence-electron chi connectivity index (χ1n) is 7.43. The van der Waals surface area contributed by atoms with E-state index in [4.69, 9.17) is 4.74 Å². The third-order valence-corrected chi connectivity index (χ3v) is 3.42. The first kappa shape index (κ1) is 15.0. The maximum absolute atomic E-state index is 11.1. The van der Waals surface area contributed by atoms with Crippen LogP contribution in [0, 0.1) is 0 Å². The van der Waals surface area contributed by atoms with Crippen molar-refractivity contribution in [1.82, 2.24) is 9.97 Å². The van der Waals surface area contributed by atoms with E-state index in [2.05, 4.69) is 27.4 Å². The molecular formula is C18H17N3O2. The van der Waals surface area contributed by atoms with Crippen molar-refractivity contribution in [1.29, 1.82) is 0 Å². The Morgan fingerprint density at radius 2 is 1.96 bits per heavy atom. The normalized spacial score (nSPS) is 10.5. The van der Waals surface area contributed by atoms with Crippen molar-refractivity contribution in [2.45, 2.75) is 13.3 Å². The van der Waals surface area contributed by atoms with Crippen molar-refractivity contribution in [3.8, 4) is 5.75 Å². The molecule has 0 amide bonds. The lowest BCUT2D eigenvalue weighted by Gasteiger charge is -2.09. The van der Waals surface area contributed by atoms with E-state index in [0.717, 1.165) is 29.7 Å². The first-order valence-corrected chi connectivity index (χ1v) is 7.43. The highest BCUT2D eigenvalue weighted by atomic mass is 16.5. The van der Waals surface area contributed by atoms with Crippen LogP contribution < -0.4 is 10.1 Å². The lowest BCUT2D eigenvalue weighted by atomic mass is 10.1. The topological polar surface area (TPSA) is 64.1 Å². The molecule has 5 heteroatoms. The maximum Gasteiger partial charge on any atom is 0.308 e. The molecule has 1 N–H and O–H groups in total. The Hall–Kier alpha value is -2.95. The monoisotopic (exact) mass is 307 g/mol. The molecule has 23 heavy (non-hydrogen) atoms. The Morgan fingerprint density at radius 1 is 1.13 bits per heavy atom. The zero-order chi connectivity index (χ0) is 16.1. The van der Waals surface area contributed by atoms with Gasteiger partial charge in [0, 0.05) is 18.9 Å². The summed E-state index contributed by atoms with van der Waals surface area (Å²) in [7, 11) is 0. The molecule has 0 radical (unpaired) electrons. The van der Waals surface area contributed by atoms with Gasteiger partial charge >= 0.3 is 5.97 Å². The van der Waals surface area contributed by atoms with Crippen LogP contribution in [-0.4, -0.2) is 22.5 Å². The minimum atomic E-state index is -0.347. The summed E-state index contributed by atoms with van der Waals surface area (Å²) >= 11 is 0. The third-order valence-electron chi connectivity index (χ3n) is 3.42. The van der Waals surface area contributed by atoms with Crippen LogP contribution in [0.15, 0.2) is 54.9 Å². The quantitative estimate of drug-likeness (QED) is 0.579.